The number of pyridine rings is 1. The summed E-state index contributed by atoms with van der Waals surface area (Å²) >= 11 is 0. The number of aromatic nitrogens is 1. The number of carbonyl (C=O) groups excluding carboxylic acids is 2. The summed E-state index contributed by atoms with van der Waals surface area (Å²) in [6, 6.07) is 11.6. The SMILES string of the molecule is Cc1ccc(N2CC(C(=O)Nc3ccc(N4CCCC4)nc3)CC2=O)cc1. The molecule has 0 spiro atoms. The number of nitrogens with zero attached hydrogens (tertiary/aromatic N) is 3. The van der Waals surface area contributed by atoms with E-state index in [0.717, 1.165) is 30.2 Å². The molecule has 2 aromatic rings. The van der Waals surface area contributed by atoms with E-state index in [0.29, 0.717) is 12.2 Å². The maximum absolute atomic E-state index is 12.6. The zero-order chi connectivity index (χ0) is 18.8. The van der Waals surface area contributed by atoms with E-state index in [1.54, 1.807) is 11.1 Å². The number of benzene rings is 1. The molecule has 6 nitrogen and oxygen atoms in total. The maximum Gasteiger partial charge on any atom is 0.229 e. The molecule has 2 aliphatic heterocycles. The summed E-state index contributed by atoms with van der Waals surface area (Å²) in [7, 11) is 0. The van der Waals surface area contributed by atoms with E-state index in [4.69, 9.17) is 0 Å². The summed E-state index contributed by atoms with van der Waals surface area (Å²) in [5, 5.41) is 2.90. The van der Waals surface area contributed by atoms with Gasteiger partial charge in [-0.15, -0.1) is 0 Å². The Balaban J connectivity index is 1.38. The third-order valence-corrected chi connectivity index (χ3v) is 5.29. The molecule has 1 unspecified atom stereocenters. The van der Waals surface area contributed by atoms with Gasteiger partial charge in [0.25, 0.3) is 0 Å². The van der Waals surface area contributed by atoms with E-state index < -0.39 is 0 Å². The molecule has 0 radical (unpaired) electrons. The van der Waals surface area contributed by atoms with Crippen LogP contribution in [0.3, 0.4) is 0 Å². The van der Waals surface area contributed by atoms with Crippen LogP contribution in [0.4, 0.5) is 17.2 Å². The predicted molar refractivity (Wildman–Crippen MR) is 106 cm³/mol. The van der Waals surface area contributed by atoms with Gasteiger partial charge in [-0.3, -0.25) is 9.59 Å². The first kappa shape index (κ1) is 17.5. The molecule has 1 aromatic carbocycles. The molecule has 3 heterocycles. The number of amides is 2. The summed E-state index contributed by atoms with van der Waals surface area (Å²) < 4.78 is 0. The van der Waals surface area contributed by atoms with Gasteiger partial charge in [-0.05, 0) is 44.0 Å². The van der Waals surface area contributed by atoms with Crippen molar-refractivity contribution in [2.45, 2.75) is 26.2 Å². The van der Waals surface area contributed by atoms with Crippen molar-refractivity contribution in [3.63, 3.8) is 0 Å². The molecule has 1 N–H and O–H groups in total. The number of hydrogen-bond acceptors (Lipinski definition) is 4. The van der Waals surface area contributed by atoms with E-state index in [9.17, 15) is 9.59 Å². The first-order valence-corrected chi connectivity index (χ1v) is 9.49. The van der Waals surface area contributed by atoms with Crippen LogP contribution in [0.25, 0.3) is 0 Å². The van der Waals surface area contributed by atoms with Gasteiger partial charge in [0.15, 0.2) is 0 Å². The molecule has 1 aromatic heterocycles. The van der Waals surface area contributed by atoms with Gasteiger partial charge < -0.3 is 15.1 Å². The van der Waals surface area contributed by atoms with E-state index in [-0.39, 0.29) is 24.2 Å². The van der Waals surface area contributed by atoms with Crippen molar-refractivity contribution in [1.29, 1.82) is 0 Å². The molecule has 0 bridgehead atoms. The van der Waals surface area contributed by atoms with Crippen LogP contribution in [0.1, 0.15) is 24.8 Å². The van der Waals surface area contributed by atoms with Gasteiger partial charge in [-0.25, -0.2) is 4.98 Å². The molecule has 6 heteroatoms. The van der Waals surface area contributed by atoms with Gasteiger partial charge in [-0.1, -0.05) is 17.7 Å². The number of anilines is 3. The second-order valence-electron chi connectivity index (χ2n) is 7.33. The molecule has 0 saturated carbocycles. The van der Waals surface area contributed by atoms with Crippen molar-refractivity contribution in [1.82, 2.24) is 4.98 Å². The lowest BCUT2D eigenvalue weighted by molar-refractivity contribution is -0.122. The smallest absolute Gasteiger partial charge is 0.229 e. The first-order chi connectivity index (χ1) is 13.1. The number of nitrogens with one attached hydrogen (secondary N) is 1. The number of rotatable bonds is 4. The average molecular weight is 364 g/mol. The molecule has 0 aliphatic carbocycles. The minimum Gasteiger partial charge on any atom is -0.357 e. The molecule has 1 atom stereocenters. The number of hydrogen-bond donors (Lipinski definition) is 1. The minimum absolute atomic E-state index is 0.0125. The standard InChI is InChI=1S/C21H24N4O2/c1-15-4-7-18(8-5-15)25-14-16(12-20(25)26)21(27)23-17-6-9-19(22-13-17)24-10-2-3-11-24/h4-9,13,16H,2-3,10-12,14H2,1H3,(H,23,27). The summed E-state index contributed by atoms with van der Waals surface area (Å²) in [6.45, 7) is 4.50. The lowest BCUT2D eigenvalue weighted by Gasteiger charge is -2.17. The molecule has 2 amide bonds. The van der Waals surface area contributed by atoms with E-state index >= 15 is 0 Å². The average Bonchev–Trinajstić information content (AvgIpc) is 3.33. The molecular weight excluding hydrogens is 340 g/mol. The van der Waals surface area contributed by atoms with Crippen LogP contribution < -0.4 is 15.1 Å². The van der Waals surface area contributed by atoms with Gasteiger partial charge in [0.1, 0.15) is 5.82 Å². The van der Waals surface area contributed by atoms with Crippen molar-refractivity contribution in [3.05, 3.63) is 48.2 Å². The zero-order valence-electron chi connectivity index (χ0n) is 15.5. The number of carbonyl (C=O) groups is 2. The van der Waals surface area contributed by atoms with Crippen molar-refractivity contribution in [2.24, 2.45) is 5.92 Å². The summed E-state index contributed by atoms with van der Waals surface area (Å²) in [4.78, 5) is 33.4. The lowest BCUT2D eigenvalue weighted by atomic mass is 10.1. The molecule has 140 valence electrons. The fourth-order valence-electron chi connectivity index (χ4n) is 3.70. The highest BCUT2D eigenvalue weighted by molar-refractivity contribution is 6.03. The normalized spacial score (nSPS) is 19.6. The predicted octanol–water partition coefficient (Wildman–Crippen LogP) is 2.98. The van der Waals surface area contributed by atoms with E-state index in [2.05, 4.69) is 15.2 Å². The second-order valence-corrected chi connectivity index (χ2v) is 7.33. The fourth-order valence-corrected chi connectivity index (χ4v) is 3.70. The van der Waals surface area contributed by atoms with Crippen LogP contribution in [-0.2, 0) is 9.59 Å². The van der Waals surface area contributed by atoms with Crippen LogP contribution in [0.5, 0.6) is 0 Å². The minimum atomic E-state index is -0.350. The van der Waals surface area contributed by atoms with Gasteiger partial charge in [0, 0.05) is 31.7 Å². The lowest BCUT2D eigenvalue weighted by Crippen LogP contribution is -2.28. The molecule has 2 fully saturated rings. The van der Waals surface area contributed by atoms with Crippen molar-refractivity contribution < 1.29 is 9.59 Å². The van der Waals surface area contributed by atoms with Crippen LogP contribution in [0.15, 0.2) is 42.6 Å². The first-order valence-electron chi connectivity index (χ1n) is 9.49. The Kier molecular flexibility index (Phi) is 4.79. The quantitative estimate of drug-likeness (QED) is 0.906. The fraction of sp³-hybridized carbons (Fsp3) is 0.381. The Bertz CT molecular complexity index is 826. The zero-order valence-corrected chi connectivity index (χ0v) is 15.5. The Morgan fingerprint density at radius 3 is 2.52 bits per heavy atom. The Morgan fingerprint density at radius 2 is 1.85 bits per heavy atom. The van der Waals surface area contributed by atoms with Gasteiger partial charge >= 0.3 is 0 Å². The monoisotopic (exact) mass is 364 g/mol. The van der Waals surface area contributed by atoms with Gasteiger partial charge in [-0.2, -0.15) is 0 Å². The van der Waals surface area contributed by atoms with Crippen LogP contribution in [-0.4, -0.2) is 36.4 Å². The highest BCUT2D eigenvalue weighted by Gasteiger charge is 2.35. The second kappa shape index (κ2) is 7.39. The van der Waals surface area contributed by atoms with Gasteiger partial charge in [0.05, 0.1) is 17.8 Å². The van der Waals surface area contributed by atoms with Crippen LogP contribution in [0.2, 0.25) is 0 Å². The summed E-state index contributed by atoms with van der Waals surface area (Å²) in [5.41, 5.74) is 2.66. The third-order valence-electron chi connectivity index (χ3n) is 5.29. The van der Waals surface area contributed by atoms with E-state index in [1.807, 2.05) is 43.3 Å². The van der Waals surface area contributed by atoms with Gasteiger partial charge in [0.2, 0.25) is 11.8 Å². The van der Waals surface area contributed by atoms with Crippen molar-refractivity contribution in [3.8, 4) is 0 Å². The molecule has 2 aliphatic rings. The number of aryl methyl sites for hydroxylation is 1. The molecular formula is C21H24N4O2. The summed E-state index contributed by atoms with van der Waals surface area (Å²) in [5.74, 6) is 0.458. The molecule has 4 rings (SSSR count). The topological polar surface area (TPSA) is 65.5 Å². The Hall–Kier alpha value is -2.89. The maximum atomic E-state index is 12.6. The largest absolute Gasteiger partial charge is 0.357 e. The molecule has 2 saturated heterocycles. The van der Waals surface area contributed by atoms with Crippen LogP contribution in [0, 0.1) is 12.8 Å². The van der Waals surface area contributed by atoms with Crippen LogP contribution >= 0.6 is 0 Å². The highest BCUT2D eigenvalue weighted by atomic mass is 16.2. The third kappa shape index (κ3) is 3.79. The van der Waals surface area contributed by atoms with Crippen molar-refractivity contribution >= 4 is 29.0 Å². The van der Waals surface area contributed by atoms with Crippen molar-refractivity contribution in [2.75, 3.05) is 34.8 Å². The Morgan fingerprint density at radius 1 is 1.11 bits per heavy atom. The molecule has 27 heavy (non-hydrogen) atoms. The Labute approximate surface area is 159 Å². The summed E-state index contributed by atoms with van der Waals surface area (Å²) in [6.07, 6.45) is 4.33. The highest BCUT2D eigenvalue weighted by Crippen LogP contribution is 2.26. The van der Waals surface area contributed by atoms with E-state index in [1.165, 1.54) is 12.8 Å².